The number of rotatable bonds is 1. The van der Waals surface area contributed by atoms with Gasteiger partial charge in [0.2, 0.25) is 5.91 Å². The van der Waals surface area contributed by atoms with Gasteiger partial charge in [0.1, 0.15) is 0 Å². The first-order valence-corrected chi connectivity index (χ1v) is 3.90. The van der Waals surface area contributed by atoms with E-state index in [0.717, 1.165) is 19.3 Å². The second-order valence-corrected chi connectivity index (χ2v) is 2.97. The van der Waals surface area contributed by atoms with Gasteiger partial charge in [-0.2, -0.15) is 5.26 Å². The highest BCUT2D eigenvalue weighted by molar-refractivity contribution is 5.73. The van der Waals surface area contributed by atoms with Crippen LogP contribution in [0.1, 0.15) is 26.2 Å². The van der Waals surface area contributed by atoms with Crippen molar-refractivity contribution in [1.29, 1.82) is 5.26 Å². The number of nitriles is 1. The van der Waals surface area contributed by atoms with Gasteiger partial charge >= 0.3 is 0 Å². The van der Waals surface area contributed by atoms with E-state index < -0.39 is 0 Å². The van der Waals surface area contributed by atoms with Crippen molar-refractivity contribution < 1.29 is 4.79 Å². The van der Waals surface area contributed by atoms with Gasteiger partial charge in [-0.15, -0.1) is 0 Å². The maximum atomic E-state index is 10.6. The first kappa shape index (κ1) is 8.06. The van der Waals surface area contributed by atoms with Crippen LogP contribution in [-0.2, 0) is 4.79 Å². The fraction of sp³-hybridized carbons (Fsp3) is 0.750. The van der Waals surface area contributed by atoms with Gasteiger partial charge in [0.15, 0.2) is 0 Å². The minimum atomic E-state index is -0.0304. The highest BCUT2D eigenvalue weighted by Crippen LogP contribution is 2.24. The van der Waals surface area contributed by atoms with E-state index in [1.54, 1.807) is 0 Å². The summed E-state index contributed by atoms with van der Waals surface area (Å²) in [4.78, 5) is 10.6. The van der Waals surface area contributed by atoms with Gasteiger partial charge in [-0.25, -0.2) is 0 Å². The zero-order valence-electron chi connectivity index (χ0n) is 6.63. The lowest BCUT2D eigenvalue weighted by atomic mass is 10.1. The van der Waals surface area contributed by atoms with Gasteiger partial charge in [0.05, 0.1) is 12.0 Å². The highest BCUT2D eigenvalue weighted by Gasteiger charge is 2.27. The molecule has 1 saturated carbocycles. The molecule has 3 nitrogen and oxygen atoms in total. The van der Waals surface area contributed by atoms with Crippen molar-refractivity contribution in [1.82, 2.24) is 5.32 Å². The summed E-state index contributed by atoms with van der Waals surface area (Å²) in [5.41, 5.74) is 0. The van der Waals surface area contributed by atoms with Crippen LogP contribution in [0.5, 0.6) is 0 Å². The van der Waals surface area contributed by atoms with E-state index in [4.69, 9.17) is 5.26 Å². The Hall–Kier alpha value is -1.04. The smallest absolute Gasteiger partial charge is 0.217 e. The quantitative estimate of drug-likeness (QED) is 0.604. The second kappa shape index (κ2) is 3.38. The van der Waals surface area contributed by atoms with Crippen LogP contribution < -0.4 is 5.32 Å². The molecule has 1 aliphatic carbocycles. The number of hydrogen-bond acceptors (Lipinski definition) is 2. The molecule has 60 valence electrons. The lowest BCUT2D eigenvalue weighted by Crippen LogP contribution is -2.35. The first-order valence-electron chi connectivity index (χ1n) is 3.90. The Morgan fingerprint density at radius 1 is 1.64 bits per heavy atom. The van der Waals surface area contributed by atoms with Crippen molar-refractivity contribution in [2.45, 2.75) is 32.2 Å². The summed E-state index contributed by atoms with van der Waals surface area (Å²) in [7, 11) is 0. The molecule has 2 atom stereocenters. The van der Waals surface area contributed by atoms with Crippen LogP contribution in [0.3, 0.4) is 0 Å². The topological polar surface area (TPSA) is 52.9 Å². The average molecular weight is 152 g/mol. The number of carbonyl (C=O) groups is 1. The van der Waals surface area contributed by atoms with E-state index >= 15 is 0 Å². The van der Waals surface area contributed by atoms with Gasteiger partial charge in [-0.05, 0) is 19.3 Å². The van der Waals surface area contributed by atoms with Crippen molar-refractivity contribution in [3.05, 3.63) is 0 Å². The van der Waals surface area contributed by atoms with Crippen LogP contribution in [-0.4, -0.2) is 11.9 Å². The molecule has 11 heavy (non-hydrogen) atoms. The Labute approximate surface area is 66.4 Å². The number of carbonyl (C=O) groups excluding carboxylic acids is 1. The van der Waals surface area contributed by atoms with Gasteiger partial charge in [-0.1, -0.05) is 0 Å². The van der Waals surface area contributed by atoms with E-state index in [1.807, 2.05) is 0 Å². The molecule has 0 aromatic rings. The molecule has 0 aliphatic heterocycles. The van der Waals surface area contributed by atoms with Crippen LogP contribution >= 0.6 is 0 Å². The number of nitrogens with zero attached hydrogens (tertiary/aromatic N) is 1. The third-order valence-electron chi connectivity index (χ3n) is 2.07. The Morgan fingerprint density at radius 2 is 2.36 bits per heavy atom. The number of hydrogen-bond donors (Lipinski definition) is 1. The van der Waals surface area contributed by atoms with Gasteiger partial charge < -0.3 is 5.32 Å². The summed E-state index contributed by atoms with van der Waals surface area (Å²) < 4.78 is 0. The molecular weight excluding hydrogens is 140 g/mol. The standard InChI is InChI=1S/C8H12N2O/c1-6(11)10-8-4-2-3-7(8)5-9/h7-8H,2-4H2,1H3,(H,10,11). The zero-order valence-corrected chi connectivity index (χ0v) is 6.63. The van der Waals surface area contributed by atoms with Crippen molar-refractivity contribution in [2.75, 3.05) is 0 Å². The molecule has 1 N–H and O–H groups in total. The van der Waals surface area contributed by atoms with E-state index in [0.29, 0.717) is 0 Å². The van der Waals surface area contributed by atoms with Gasteiger partial charge in [0.25, 0.3) is 0 Å². The third kappa shape index (κ3) is 1.94. The largest absolute Gasteiger partial charge is 0.352 e. The summed E-state index contributed by atoms with van der Waals surface area (Å²) >= 11 is 0. The van der Waals surface area contributed by atoms with E-state index in [1.165, 1.54) is 6.92 Å². The zero-order chi connectivity index (χ0) is 8.27. The molecule has 0 saturated heterocycles. The molecular formula is C8H12N2O. The Balaban J connectivity index is 2.45. The van der Waals surface area contributed by atoms with Crippen LogP contribution in [0, 0.1) is 17.2 Å². The third-order valence-corrected chi connectivity index (χ3v) is 2.07. The van der Waals surface area contributed by atoms with E-state index in [2.05, 4.69) is 11.4 Å². The van der Waals surface area contributed by atoms with E-state index in [9.17, 15) is 4.79 Å². The predicted octanol–water partition coefficient (Wildman–Crippen LogP) is 0.815. The van der Waals surface area contributed by atoms with E-state index in [-0.39, 0.29) is 17.9 Å². The van der Waals surface area contributed by atoms with Crippen LogP contribution in [0.15, 0.2) is 0 Å². The summed E-state index contributed by atoms with van der Waals surface area (Å²) in [5, 5.41) is 11.4. The number of amides is 1. The lowest BCUT2D eigenvalue weighted by molar-refractivity contribution is -0.119. The molecule has 0 bridgehead atoms. The number of nitrogens with one attached hydrogen (secondary N) is 1. The maximum absolute atomic E-state index is 10.6. The average Bonchev–Trinajstić information content (AvgIpc) is 2.34. The minimum Gasteiger partial charge on any atom is -0.352 e. The summed E-state index contributed by atoms with van der Waals surface area (Å²) in [6.07, 6.45) is 2.95. The first-order chi connectivity index (χ1) is 5.24. The molecule has 1 rings (SSSR count). The summed E-state index contributed by atoms with van der Waals surface area (Å²) in [6, 6.07) is 2.31. The van der Waals surface area contributed by atoms with Crippen molar-refractivity contribution in [3.63, 3.8) is 0 Å². The second-order valence-electron chi connectivity index (χ2n) is 2.97. The SMILES string of the molecule is CC(=O)NC1CCCC1C#N. The van der Waals surface area contributed by atoms with Crippen molar-refractivity contribution in [3.8, 4) is 6.07 Å². The minimum absolute atomic E-state index is 0.0304. The molecule has 0 aromatic heterocycles. The Morgan fingerprint density at radius 3 is 2.91 bits per heavy atom. The molecule has 1 fully saturated rings. The van der Waals surface area contributed by atoms with Crippen molar-refractivity contribution in [2.24, 2.45) is 5.92 Å². The molecule has 0 spiro atoms. The molecule has 2 unspecified atom stereocenters. The molecule has 0 heterocycles. The summed E-state index contributed by atoms with van der Waals surface area (Å²) in [5.74, 6) is 0.0102. The molecule has 0 aromatic carbocycles. The predicted molar refractivity (Wildman–Crippen MR) is 40.6 cm³/mol. The van der Waals surface area contributed by atoms with Gasteiger partial charge in [0, 0.05) is 13.0 Å². The molecule has 0 radical (unpaired) electrons. The van der Waals surface area contributed by atoms with Crippen molar-refractivity contribution >= 4 is 5.91 Å². The van der Waals surface area contributed by atoms with Crippen LogP contribution in [0.25, 0.3) is 0 Å². The Kier molecular flexibility index (Phi) is 2.48. The molecule has 1 amide bonds. The highest BCUT2D eigenvalue weighted by atomic mass is 16.1. The van der Waals surface area contributed by atoms with Crippen LogP contribution in [0.4, 0.5) is 0 Å². The Bertz CT molecular complexity index is 195. The lowest BCUT2D eigenvalue weighted by Gasteiger charge is -2.13. The van der Waals surface area contributed by atoms with Crippen LogP contribution in [0.2, 0.25) is 0 Å². The summed E-state index contributed by atoms with van der Waals surface area (Å²) in [6.45, 7) is 1.49. The molecule has 3 heteroatoms. The normalized spacial score (nSPS) is 29.5. The fourth-order valence-corrected chi connectivity index (χ4v) is 1.55. The fourth-order valence-electron chi connectivity index (χ4n) is 1.55. The monoisotopic (exact) mass is 152 g/mol. The maximum Gasteiger partial charge on any atom is 0.217 e. The molecule has 1 aliphatic rings. The van der Waals surface area contributed by atoms with Gasteiger partial charge in [-0.3, -0.25) is 4.79 Å².